The van der Waals surface area contributed by atoms with Crippen molar-refractivity contribution in [1.29, 1.82) is 0 Å². The number of carboxylic acid groups (broad SMARTS) is 1. The van der Waals surface area contributed by atoms with Crippen molar-refractivity contribution < 1.29 is 14.6 Å². The summed E-state index contributed by atoms with van der Waals surface area (Å²) >= 11 is 0. The van der Waals surface area contributed by atoms with Crippen LogP contribution in [0.2, 0.25) is 0 Å². The van der Waals surface area contributed by atoms with Crippen LogP contribution < -0.4 is 4.74 Å². The normalized spacial score (nSPS) is 12.1. The SMILES string of the molecule is CCCCCOc1ccc(CC(C)C(=O)O)cc1. The molecule has 0 aromatic heterocycles. The van der Waals surface area contributed by atoms with Crippen molar-refractivity contribution in [2.45, 2.75) is 39.5 Å². The van der Waals surface area contributed by atoms with E-state index < -0.39 is 5.97 Å². The molecule has 3 heteroatoms. The van der Waals surface area contributed by atoms with Crippen LogP contribution in [0, 0.1) is 5.92 Å². The number of hydrogen-bond donors (Lipinski definition) is 1. The molecule has 0 saturated carbocycles. The van der Waals surface area contributed by atoms with Gasteiger partial charge in [-0.15, -0.1) is 0 Å². The Morgan fingerprint density at radius 2 is 1.94 bits per heavy atom. The van der Waals surface area contributed by atoms with Gasteiger partial charge in [0, 0.05) is 0 Å². The predicted molar refractivity (Wildman–Crippen MR) is 72.0 cm³/mol. The Bertz CT molecular complexity index is 357. The Morgan fingerprint density at radius 1 is 1.28 bits per heavy atom. The number of rotatable bonds is 8. The highest BCUT2D eigenvalue weighted by atomic mass is 16.5. The summed E-state index contributed by atoms with van der Waals surface area (Å²) in [5.74, 6) is -0.242. The largest absolute Gasteiger partial charge is 0.494 e. The van der Waals surface area contributed by atoms with Crippen LogP contribution in [0.4, 0.5) is 0 Å². The standard InChI is InChI=1S/C15H22O3/c1-3-4-5-10-18-14-8-6-13(7-9-14)11-12(2)15(16)17/h6-9,12H,3-5,10-11H2,1-2H3,(H,16,17). The number of unbranched alkanes of at least 4 members (excludes halogenated alkanes) is 2. The molecule has 0 saturated heterocycles. The number of carboxylic acids is 1. The highest BCUT2D eigenvalue weighted by Gasteiger charge is 2.11. The predicted octanol–water partition coefficient (Wildman–Crippen LogP) is 3.52. The fourth-order valence-electron chi connectivity index (χ4n) is 1.70. The van der Waals surface area contributed by atoms with Crippen molar-refractivity contribution in [3.8, 4) is 5.75 Å². The molecule has 1 atom stereocenters. The molecule has 0 aliphatic heterocycles. The average molecular weight is 250 g/mol. The molecular formula is C15H22O3. The van der Waals surface area contributed by atoms with Crippen LogP contribution in [0.5, 0.6) is 5.75 Å². The average Bonchev–Trinajstić information content (AvgIpc) is 2.36. The monoisotopic (exact) mass is 250 g/mol. The van der Waals surface area contributed by atoms with Gasteiger partial charge in [0.05, 0.1) is 12.5 Å². The first-order valence-electron chi connectivity index (χ1n) is 6.58. The van der Waals surface area contributed by atoms with E-state index in [1.165, 1.54) is 12.8 Å². The van der Waals surface area contributed by atoms with Crippen LogP contribution in [-0.2, 0) is 11.2 Å². The lowest BCUT2D eigenvalue weighted by atomic mass is 10.0. The summed E-state index contributed by atoms with van der Waals surface area (Å²) in [6.07, 6.45) is 4.02. The molecule has 0 bridgehead atoms. The number of carbonyl (C=O) groups is 1. The van der Waals surface area contributed by atoms with Crippen LogP contribution in [0.3, 0.4) is 0 Å². The first-order chi connectivity index (χ1) is 8.63. The second kappa shape index (κ2) is 7.75. The van der Waals surface area contributed by atoms with Gasteiger partial charge < -0.3 is 9.84 Å². The van der Waals surface area contributed by atoms with E-state index in [-0.39, 0.29) is 5.92 Å². The third-order valence-corrected chi connectivity index (χ3v) is 2.90. The Labute approximate surface area is 109 Å². The molecule has 1 aromatic rings. The van der Waals surface area contributed by atoms with Gasteiger partial charge in [0.15, 0.2) is 0 Å². The van der Waals surface area contributed by atoms with E-state index in [0.717, 1.165) is 24.3 Å². The Kier molecular flexibility index (Phi) is 6.26. The summed E-state index contributed by atoms with van der Waals surface area (Å²) in [6.45, 7) is 4.63. The van der Waals surface area contributed by atoms with Crippen molar-refractivity contribution in [3.05, 3.63) is 29.8 Å². The van der Waals surface area contributed by atoms with Crippen LogP contribution in [0.1, 0.15) is 38.7 Å². The lowest BCUT2D eigenvalue weighted by Crippen LogP contribution is -2.12. The lowest BCUT2D eigenvalue weighted by molar-refractivity contribution is -0.141. The van der Waals surface area contributed by atoms with Gasteiger partial charge >= 0.3 is 5.97 Å². The quantitative estimate of drug-likeness (QED) is 0.718. The smallest absolute Gasteiger partial charge is 0.306 e. The second-order valence-electron chi connectivity index (χ2n) is 4.64. The first kappa shape index (κ1) is 14.6. The molecule has 0 aliphatic carbocycles. The van der Waals surface area contributed by atoms with Crippen molar-refractivity contribution in [2.75, 3.05) is 6.61 Å². The minimum atomic E-state index is -0.755. The maximum absolute atomic E-state index is 10.7. The number of aliphatic carboxylic acids is 1. The summed E-state index contributed by atoms with van der Waals surface area (Å²) in [5.41, 5.74) is 1.03. The van der Waals surface area contributed by atoms with Crippen molar-refractivity contribution in [3.63, 3.8) is 0 Å². The van der Waals surface area contributed by atoms with Crippen molar-refractivity contribution >= 4 is 5.97 Å². The first-order valence-corrected chi connectivity index (χ1v) is 6.58. The maximum atomic E-state index is 10.7. The zero-order chi connectivity index (χ0) is 13.4. The maximum Gasteiger partial charge on any atom is 0.306 e. The minimum absolute atomic E-state index is 0.346. The van der Waals surface area contributed by atoms with Crippen LogP contribution in [0.25, 0.3) is 0 Å². The molecule has 0 spiro atoms. The van der Waals surface area contributed by atoms with Gasteiger partial charge in [-0.25, -0.2) is 0 Å². The van der Waals surface area contributed by atoms with E-state index in [1.807, 2.05) is 24.3 Å². The Balaban J connectivity index is 2.40. The lowest BCUT2D eigenvalue weighted by Gasteiger charge is -2.08. The molecule has 1 N–H and O–H groups in total. The summed E-state index contributed by atoms with van der Waals surface area (Å²) in [4.78, 5) is 10.7. The molecule has 1 rings (SSSR count). The molecular weight excluding hydrogens is 228 g/mol. The zero-order valence-electron chi connectivity index (χ0n) is 11.2. The third kappa shape index (κ3) is 5.21. The van der Waals surface area contributed by atoms with E-state index in [4.69, 9.17) is 9.84 Å². The molecule has 1 aromatic carbocycles. The zero-order valence-corrected chi connectivity index (χ0v) is 11.2. The van der Waals surface area contributed by atoms with E-state index in [2.05, 4.69) is 6.92 Å². The van der Waals surface area contributed by atoms with Crippen molar-refractivity contribution in [2.24, 2.45) is 5.92 Å². The summed E-state index contributed by atoms with van der Waals surface area (Å²) in [6, 6.07) is 7.70. The molecule has 3 nitrogen and oxygen atoms in total. The van der Waals surface area contributed by atoms with Gasteiger partial charge in [-0.05, 0) is 30.5 Å². The molecule has 0 heterocycles. The van der Waals surface area contributed by atoms with Gasteiger partial charge in [-0.1, -0.05) is 38.8 Å². The van der Waals surface area contributed by atoms with Gasteiger partial charge in [0.2, 0.25) is 0 Å². The molecule has 0 aliphatic rings. The minimum Gasteiger partial charge on any atom is -0.494 e. The molecule has 0 fully saturated rings. The van der Waals surface area contributed by atoms with E-state index >= 15 is 0 Å². The van der Waals surface area contributed by atoms with Gasteiger partial charge in [0.25, 0.3) is 0 Å². The van der Waals surface area contributed by atoms with Gasteiger partial charge in [-0.3, -0.25) is 4.79 Å². The van der Waals surface area contributed by atoms with Crippen molar-refractivity contribution in [1.82, 2.24) is 0 Å². The number of benzene rings is 1. The molecule has 100 valence electrons. The summed E-state index contributed by atoms with van der Waals surface area (Å²) in [5, 5.41) is 8.84. The summed E-state index contributed by atoms with van der Waals surface area (Å²) in [7, 11) is 0. The fraction of sp³-hybridized carbons (Fsp3) is 0.533. The Hall–Kier alpha value is -1.51. The van der Waals surface area contributed by atoms with Gasteiger partial charge in [-0.2, -0.15) is 0 Å². The molecule has 18 heavy (non-hydrogen) atoms. The fourth-order valence-corrected chi connectivity index (χ4v) is 1.70. The Morgan fingerprint density at radius 3 is 2.50 bits per heavy atom. The van der Waals surface area contributed by atoms with E-state index in [1.54, 1.807) is 6.92 Å². The molecule has 0 amide bonds. The molecule has 1 unspecified atom stereocenters. The molecule has 0 radical (unpaired) electrons. The second-order valence-corrected chi connectivity index (χ2v) is 4.64. The topological polar surface area (TPSA) is 46.5 Å². The van der Waals surface area contributed by atoms with Crippen LogP contribution >= 0.6 is 0 Å². The van der Waals surface area contributed by atoms with Crippen LogP contribution in [-0.4, -0.2) is 17.7 Å². The highest BCUT2D eigenvalue weighted by Crippen LogP contribution is 2.15. The van der Waals surface area contributed by atoms with Gasteiger partial charge in [0.1, 0.15) is 5.75 Å². The number of hydrogen-bond acceptors (Lipinski definition) is 2. The third-order valence-electron chi connectivity index (χ3n) is 2.90. The van der Waals surface area contributed by atoms with E-state index in [0.29, 0.717) is 6.42 Å². The van der Waals surface area contributed by atoms with E-state index in [9.17, 15) is 4.79 Å². The summed E-state index contributed by atoms with van der Waals surface area (Å²) < 4.78 is 5.60. The number of ether oxygens (including phenoxy) is 1. The van der Waals surface area contributed by atoms with Crippen LogP contribution in [0.15, 0.2) is 24.3 Å². The highest BCUT2D eigenvalue weighted by molar-refractivity contribution is 5.69.